The number of allylic oxidation sites excluding steroid dienone is 2. The highest BCUT2D eigenvalue weighted by Crippen LogP contribution is 1.83. The van der Waals surface area contributed by atoms with Crippen LogP contribution in [0.1, 0.15) is 0 Å². The third-order valence-corrected chi connectivity index (χ3v) is 1.07. The molecule has 10 heavy (non-hydrogen) atoms. The van der Waals surface area contributed by atoms with Gasteiger partial charge in [0.2, 0.25) is 0 Å². The van der Waals surface area contributed by atoms with Gasteiger partial charge in [0.05, 0.1) is 6.54 Å². The Hall–Kier alpha value is -1.38. The summed E-state index contributed by atoms with van der Waals surface area (Å²) in [7, 11) is 0. The molecule has 0 unspecified atom stereocenters. The molecule has 1 heterocycles. The van der Waals surface area contributed by atoms with Crippen molar-refractivity contribution in [3.63, 3.8) is 0 Å². The van der Waals surface area contributed by atoms with E-state index in [2.05, 4.69) is 5.10 Å². The second-order valence-electron chi connectivity index (χ2n) is 1.79. The van der Waals surface area contributed by atoms with E-state index < -0.39 is 0 Å². The van der Waals surface area contributed by atoms with Crippen LogP contribution in [0.15, 0.2) is 30.6 Å². The molecular weight excluding hydrogens is 128 g/mol. The van der Waals surface area contributed by atoms with Gasteiger partial charge in [-0.3, -0.25) is 9.48 Å². The molecule has 3 heteroatoms. The number of hydrogen-bond donors (Lipinski definition) is 0. The van der Waals surface area contributed by atoms with Crippen molar-refractivity contribution < 1.29 is 4.79 Å². The van der Waals surface area contributed by atoms with Crippen LogP contribution in [0.25, 0.3) is 0 Å². The van der Waals surface area contributed by atoms with Crippen LogP contribution in [-0.2, 0) is 11.3 Å². The number of carbonyl (C=O) groups is 1. The molecule has 1 aromatic rings. The summed E-state index contributed by atoms with van der Waals surface area (Å²) >= 11 is 0. The van der Waals surface area contributed by atoms with E-state index >= 15 is 0 Å². The Morgan fingerprint density at radius 2 is 2.50 bits per heavy atom. The molecule has 52 valence electrons. The van der Waals surface area contributed by atoms with E-state index in [9.17, 15) is 4.79 Å². The highest BCUT2D eigenvalue weighted by Gasteiger charge is 1.81. The molecule has 0 saturated carbocycles. The molecule has 3 nitrogen and oxygen atoms in total. The lowest BCUT2D eigenvalue weighted by atomic mass is 10.5. The largest absolute Gasteiger partial charge is 0.299 e. The Morgan fingerprint density at radius 3 is 3.10 bits per heavy atom. The number of aldehydes is 1. The first kappa shape index (κ1) is 6.74. The van der Waals surface area contributed by atoms with Crippen LogP contribution in [0.5, 0.6) is 0 Å². The number of aromatic nitrogens is 2. The second-order valence-corrected chi connectivity index (χ2v) is 1.79. The van der Waals surface area contributed by atoms with Crippen LogP contribution in [0.4, 0.5) is 0 Å². The number of hydrogen-bond acceptors (Lipinski definition) is 2. The molecule has 0 saturated heterocycles. The van der Waals surface area contributed by atoms with Crippen LogP contribution in [0, 0.1) is 0 Å². The highest BCUT2D eigenvalue weighted by molar-refractivity contribution is 5.64. The van der Waals surface area contributed by atoms with Crippen LogP contribution in [0.3, 0.4) is 0 Å². The van der Waals surface area contributed by atoms with E-state index in [1.807, 2.05) is 12.3 Å². The molecule has 0 aliphatic rings. The van der Waals surface area contributed by atoms with Gasteiger partial charge in [0.15, 0.2) is 0 Å². The van der Waals surface area contributed by atoms with Gasteiger partial charge in [-0.25, -0.2) is 0 Å². The smallest absolute Gasteiger partial charge is 0.142 e. The average molecular weight is 136 g/mol. The van der Waals surface area contributed by atoms with Crippen LogP contribution in [0.2, 0.25) is 0 Å². The molecular formula is C7H8N2O. The van der Waals surface area contributed by atoms with Gasteiger partial charge in [-0.15, -0.1) is 0 Å². The third kappa shape index (κ3) is 1.85. The molecule has 0 aliphatic heterocycles. The van der Waals surface area contributed by atoms with Gasteiger partial charge in [-0.05, 0) is 12.1 Å². The normalized spacial score (nSPS) is 10.4. The second kappa shape index (κ2) is 3.61. The van der Waals surface area contributed by atoms with Gasteiger partial charge in [-0.1, -0.05) is 6.08 Å². The quantitative estimate of drug-likeness (QED) is 0.451. The topological polar surface area (TPSA) is 34.9 Å². The molecule has 0 N–H and O–H groups in total. The lowest BCUT2D eigenvalue weighted by Gasteiger charge is -1.90. The minimum atomic E-state index is 0.658. The summed E-state index contributed by atoms with van der Waals surface area (Å²) < 4.78 is 1.74. The van der Waals surface area contributed by atoms with E-state index in [1.54, 1.807) is 17.0 Å². The Bertz CT molecular complexity index is 214. The summed E-state index contributed by atoms with van der Waals surface area (Å²) in [6, 6.07) is 1.84. The molecule has 0 aromatic carbocycles. The molecule has 0 bridgehead atoms. The van der Waals surface area contributed by atoms with Crippen molar-refractivity contribution in [3.8, 4) is 0 Å². The molecule has 0 spiro atoms. The molecule has 0 radical (unpaired) electrons. The summed E-state index contributed by atoms with van der Waals surface area (Å²) in [6.45, 7) is 0.658. The van der Waals surface area contributed by atoms with E-state index in [0.29, 0.717) is 6.54 Å². The zero-order valence-corrected chi connectivity index (χ0v) is 5.47. The minimum absolute atomic E-state index is 0.658. The SMILES string of the molecule is O=C/C=C/Cn1cccn1. The van der Waals surface area contributed by atoms with Crippen LogP contribution < -0.4 is 0 Å². The van der Waals surface area contributed by atoms with Gasteiger partial charge < -0.3 is 0 Å². The van der Waals surface area contributed by atoms with Gasteiger partial charge in [0.1, 0.15) is 6.29 Å². The zero-order valence-electron chi connectivity index (χ0n) is 5.47. The molecule has 1 aromatic heterocycles. The van der Waals surface area contributed by atoms with Crippen molar-refractivity contribution in [1.29, 1.82) is 0 Å². The standard InChI is InChI=1S/C7H8N2O/c10-7-2-1-5-9-6-3-4-8-9/h1-4,6-7H,5H2/b2-1+. The van der Waals surface area contributed by atoms with E-state index in [-0.39, 0.29) is 0 Å². The summed E-state index contributed by atoms with van der Waals surface area (Å²) in [4.78, 5) is 9.82. The van der Waals surface area contributed by atoms with Gasteiger partial charge in [0.25, 0.3) is 0 Å². The summed E-state index contributed by atoms with van der Waals surface area (Å²) in [5.41, 5.74) is 0. The lowest BCUT2D eigenvalue weighted by molar-refractivity contribution is -0.104. The molecule has 0 amide bonds. The van der Waals surface area contributed by atoms with Crippen molar-refractivity contribution in [2.24, 2.45) is 0 Å². The van der Waals surface area contributed by atoms with Crippen LogP contribution >= 0.6 is 0 Å². The fourth-order valence-corrected chi connectivity index (χ4v) is 0.633. The summed E-state index contributed by atoms with van der Waals surface area (Å²) in [5, 5.41) is 3.94. The Morgan fingerprint density at radius 1 is 1.60 bits per heavy atom. The summed E-state index contributed by atoms with van der Waals surface area (Å²) in [6.07, 6.45) is 7.51. The predicted octanol–water partition coefficient (Wildman–Crippen LogP) is 0.638. The lowest BCUT2D eigenvalue weighted by Crippen LogP contribution is -1.93. The van der Waals surface area contributed by atoms with Crippen molar-refractivity contribution in [2.75, 3.05) is 0 Å². The van der Waals surface area contributed by atoms with Gasteiger partial charge in [-0.2, -0.15) is 5.10 Å². The third-order valence-electron chi connectivity index (χ3n) is 1.07. The van der Waals surface area contributed by atoms with Crippen molar-refractivity contribution >= 4 is 6.29 Å². The van der Waals surface area contributed by atoms with E-state index in [0.717, 1.165) is 6.29 Å². The Kier molecular flexibility index (Phi) is 2.43. The average Bonchev–Trinajstić information content (AvgIpc) is 2.41. The monoisotopic (exact) mass is 136 g/mol. The first-order valence-electron chi connectivity index (χ1n) is 3.01. The minimum Gasteiger partial charge on any atom is -0.299 e. The van der Waals surface area contributed by atoms with Crippen molar-refractivity contribution in [2.45, 2.75) is 6.54 Å². The Labute approximate surface area is 59.0 Å². The first-order chi connectivity index (χ1) is 4.93. The maximum absolute atomic E-state index is 9.82. The molecule has 1 rings (SSSR count). The Balaban J connectivity index is 2.41. The van der Waals surface area contributed by atoms with Gasteiger partial charge >= 0.3 is 0 Å². The number of carbonyl (C=O) groups excluding carboxylic acids is 1. The first-order valence-corrected chi connectivity index (χ1v) is 3.01. The predicted molar refractivity (Wildman–Crippen MR) is 37.4 cm³/mol. The van der Waals surface area contributed by atoms with Crippen LogP contribution in [-0.4, -0.2) is 16.1 Å². The fourth-order valence-electron chi connectivity index (χ4n) is 0.633. The maximum Gasteiger partial charge on any atom is 0.142 e. The number of nitrogens with zero attached hydrogens (tertiary/aromatic N) is 2. The van der Waals surface area contributed by atoms with Crippen molar-refractivity contribution in [1.82, 2.24) is 9.78 Å². The summed E-state index contributed by atoms with van der Waals surface area (Å²) in [5.74, 6) is 0. The van der Waals surface area contributed by atoms with Gasteiger partial charge in [0, 0.05) is 12.4 Å². The zero-order chi connectivity index (χ0) is 7.23. The van der Waals surface area contributed by atoms with E-state index in [4.69, 9.17) is 0 Å². The highest BCUT2D eigenvalue weighted by atomic mass is 16.1. The maximum atomic E-state index is 9.82. The van der Waals surface area contributed by atoms with E-state index in [1.165, 1.54) is 6.08 Å². The van der Waals surface area contributed by atoms with Crippen molar-refractivity contribution in [3.05, 3.63) is 30.6 Å². The molecule has 0 atom stereocenters. The molecule has 0 fully saturated rings. The fraction of sp³-hybridized carbons (Fsp3) is 0.143. The molecule has 0 aliphatic carbocycles. The number of rotatable bonds is 3.